The average molecular weight is 529 g/mol. The minimum atomic E-state index is -0.868. The van der Waals surface area contributed by atoms with Crippen molar-refractivity contribution in [1.29, 1.82) is 0 Å². The molecule has 4 atom stereocenters. The minimum absolute atomic E-state index is 0.0270. The zero-order valence-electron chi connectivity index (χ0n) is 21.0. The Kier molecular flexibility index (Phi) is 6.89. The summed E-state index contributed by atoms with van der Waals surface area (Å²) >= 11 is 0. The van der Waals surface area contributed by atoms with Gasteiger partial charge in [-0.3, -0.25) is 14.4 Å². The monoisotopic (exact) mass is 529 g/mol. The molecule has 1 amide bonds. The summed E-state index contributed by atoms with van der Waals surface area (Å²) in [6.45, 7) is -1.15. The van der Waals surface area contributed by atoms with Gasteiger partial charge in [0.1, 0.15) is 19.3 Å². The molecule has 0 radical (unpaired) electrons. The predicted octanol–water partition coefficient (Wildman–Crippen LogP) is 1.07. The highest BCUT2D eigenvalue weighted by Gasteiger charge is 2.54. The first kappa shape index (κ1) is 25.5. The largest absolute Gasteiger partial charge is 0.493 e. The topological polar surface area (TPSA) is 148 Å². The maximum absolute atomic E-state index is 13.2. The smallest absolute Gasteiger partial charge is 0.326 e. The van der Waals surface area contributed by atoms with Gasteiger partial charge >= 0.3 is 11.9 Å². The molecular formula is C26H27NO11. The van der Waals surface area contributed by atoms with Gasteiger partial charge in [-0.25, -0.2) is 0 Å². The van der Waals surface area contributed by atoms with Crippen LogP contribution in [-0.2, 0) is 23.9 Å². The molecule has 0 unspecified atom stereocenters. The summed E-state index contributed by atoms with van der Waals surface area (Å²) in [5, 5.41) is 11.2. The minimum Gasteiger partial charge on any atom is -0.493 e. The van der Waals surface area contributed by atoms with Crippen molar-refractivity contribution in [3.8, 4) is 28.7 Å². The number of esters is 2. The van der Waals surface area contributed by atoms with E-state index in [0.717, 1.165) is 0 Å². The van der Waals surface area contributed by atoms with Crippen LogP contribution in [0.5, 0.6) is 28.7 Å². The van der Waals surface area contributed by atoms with Crippen LogP contribution in [0.15, 0.2) is 24.3 Å². The van der Waals surface area contributed by atoms with Crippen LogP contribution in [-0.4, -0.2) is 70.8 Å². The Morgan fingerprint density at radius 1 is 0.974 bits per heavy atom. The van der Waals surface area contributed by atoms with E-state index in [9.17, 15) is 14.4 Å². The van der Waals surface area contributed by atoms with Crippen molar-refractivity contribution >= 4 is 17.8 Å². The number of hydrogen-bond donors (Lipinski definition) is 2. The molecule has 1 fully saturated rings. The number of cyclic esters (lactones) is 1. The van der Waals surface area contributed by atoms with Crippen molar-refractivity contribution in [3.63, 3.8) is 0 Å². The first-order chi connectivity index (χ1) is 18.4. The molecule has 1 aliphatic carbocycles. The summed E-state index contributed by atoms with van der Waals surface area (Å²) in [6.07, 6.45) is -0.868. The van der Waals surface area contributed by atoms with E-state index in [0.29, 0.717) is 45.4 Å². The van der Waals surface area contributed by atoms with Crippen molar-refractivity contribution < 1.29 is 52.6 Å². The maximum Gasteiger partial charge on any atom is 0.326 e. The van der Waals surface area contributed by atoms with E-state index in [1.807, 2.05) is 0 Å². The summed E-state index contributed by atoms with van der Waals surface area (Å²) in [7, 11) is 4.51. The molecule has 12 heteroatoms. The third-order valence-electron chi connectivity index (χ3n) is 7.00. The molecule has 2 heterocycles. The summed E-state index contributed by atoms with van der Waals surface area (Å²) < 4.78 is 39.1. The summed E-state index contributed by atoms with van der Waals surface area (Å²) in [5.41, 5.74) is 2.00. The highest BCUT2D eigenvalue weighted by atomic mass is 16.7. The van der Waals surface area contributed by atoms with Crippen molar-refractivity contribution in [2.45, 2.75) is 12.0 Å². The second-order valence-corrected chi connectivity index (χ2v) is 8.94. The van der Waals surface area contributed by atoms with Crippen molar-refractivity contribution in [2.75, 3.05) is 47.9 Å². The number of ether oxygens (including phenoxy) is 7. The maximum atomic E-state index is 13.2. The molecule has 2 N–H and O–H groups in total. The number of aliphatic hydroxyl groups is 1. The Morgan fingerprint density at radius 3 is 2.24 bits per heavy atom. The fraction of sp³-hybridized carbons (Fsp3) is 0.423. The molecule has 3 aliphatic rings. The fourth-order valence-corrected chi connectivity index (χ4v) is 5.35. The molecule has 1 saturated heterocycles. The molecule has 5 rings (SSSR count). The van der Waals surface area contributed by atoms with E-state index in [2.05, 4.69) is 5.32 Å². The number of rotatable bonds is 8. The Hall–Kier alpha value is -4.19. The van der Waals surface area contributed by atoms with Crippen LogP contribution in [0.2, 0.25) is 0 Å². The van der Waals surface area contributed by atoms with Gasteiger partial charge in [-0.1, -0.05) is 0 Å². The van der Waals surface area contributed by atoms with Crippen molar-refractivity contribution in [1.82, 2.24) is 5.32 Å². The number of aliphatic hydroxyl groups excluding tert-OH is 1. The van der Waals surface area contributed by atoms with Gasteiger partial charge in [0.15, 0.2) is 23.0 Å². The van der Waals surface area contributed by atoms with Crippen molar-refractivity contribution in [3.05, 3.63) is 41.0 Å². The number of carbonyl (C=O) groups is 3. The molecule has 38 heavy (non-hydrogen) atoms. The Labute approximate surface area is 217 Å². The van der Waals surface area contributed by atoms with Crippen LogP contribution in [0.1, 0.15) is 28.7 Å². The molecular weight excluding hydrogens is 502 g/mol. The van der Waals surface area contributed by atoms with E-state index < -0.39 is 54.9 Å². The molecule has 2 aromatic carbocycles. The molecule has 12 nitrogen and oxygen atoms in total. The standard InChI is InChI=1S/C26H27NO11/c1-32-18-4-12(5-19(33-2)25(18)34-3)22-13-6-16-17(37-11-36-16)7-14(13)24(15-10-35-26(31)23(15)22)38-21(30)8-27-20(29)9-28/h4-7,15,22-24,28H,8-11H2,1-3H3,(H,27,29)/t15-,22+,23-,24-/m0/s1. The van der Waals surface area contributed by atoms with E-state index in [1.165, 1.54) is 21.3 Å². The second-order valence-electron chi connectivity index (χ2n) is 8.94. The van der Waals surface area contributed by atoms with Crippen LogP contribution in [0.4, 0.5) is 0 Å². The molecule has 0 bridgehead atoms. The molecule has 2 aromatic rings. The third kappa shape index (κ3) is 4.30. The van der Waals surface area contributed by atoms with E-state index in [4.69, 9.17) is 38.3 Å². The van der Waals surface area contributed by atoms with Gasteiger partial charge in [0.05, 0.1) is 33.9 Å². The molecule has 2 aliphatic heterocycles. The fourth-order valence-electron chi connectivity index (χ4n) is 5.35. The van der Waals surface area contributed by atoms with E-state index in [-0.39, 0.29) is 13.4 Å². The summed E-state index contributed by atoms with van der Waals surface area (Å²) in [6, 6.07) is 7.08. The number of hydrogen-bond acceptors (Lipinski definition) is 11. The van der Waals surface area contributed by atoms with Gasteiger partial charge in [-0.15, -0.1) is 0 Å². The SMILES string of the molecule is COc1cc([C@@H]2c3cc4c(cc3[C@H](OC(=O)CNC(=O)CO)[C@H]3COC(=O)[C@H]23)OCO4)cc(OC)c1OC. The first-order valence-electron chi connectivity index (χ1n) is 11.9. The first-order valence-corrected chi connectivity index (χ1v) is 11.9. The highest BCUT2D eigenvalue weighted by Crippen LogP contribution is 2.56. The Balaban J connectivity index is 1.63. The lowest BCUT2D eigenvalue weighted by Gasteiger charge is -2.38. The Morgan fingerprint density at radius 2 is 1.63 bits per heavy atom. The van der Waals surface area contributed by atoms with Gasteiger partial charge < -0.3 is 43.6 Å². The molecule has 202 valence electrons. The number of fused-ring (bicyclic) bond motifs is 3. The lowest BCUT2D eigenvalue weighted by Crippen LogP contribution is -2.39. The number of amides is 1. The molecule has 0 aromatic heterocycles. The quantitative estimate of drug-likeness (QED) is 0.473. The number of methoxy groups -OCH3 is 3. The van der Waals surface area contributed by atoms with Gasteiger partial charge in [0.2, 0.25) is 18.4 Å². The third-order valence-corrected chi connectivity index (χ3v) is 7.00. The summed E-state index contributed by atoms with van der Waals surface area (Å²) in [5.74, 6) is -1.45. The zero-order chi connectivity index (χ0) is 27.0. The predicted molar refractivity (Wildman–Crippen MR) is 127 cm³/mol. The normalized spacial score (nSPS) is 22.6. The van der Waals surface area contributed by atoms with Gasteiger partial charge in [-0.05, 0) is 35.4 Å². The molecule has 0 spiro atoms. The number of carbonyl (C=O) groups excluding carboxylic acids is 3. The van der Waals surface area contributed by atoms with E-state index >= 15 is 0 Å². The van der Waals surface area contributed by atoms with Gasteiger partial charge in [0, 0.05) is 17.4 Å². The van der Waals surface area contributed by atoms with Crippen LogP contribution < -0.4 is 29.0 Å². The highest BCUT2D eigenvalue weighted by molar-refractivity contribution is 5.83. The second kappa shape index (κ2) is 10.3. The van der Waals surface area contributed by atoms with Crippen LogP contribution in [0.3, 0.4) is 0 Å². The lowest BCUT2D eigenvalue weighted by molar-refractivity contribution is -0.154. The van der Waals surface area contributed by atoms with Crippen molar-refractivity contribution in [2.24, 2.45) is 11.8 Å². The van der Waals surface area contributed by atoms with Crippen LogP contribution in [0, 0.1) is 11.8 Å². The van der Waals surface area contributed by atoms with Crippen LogP contribution in [0.25, 0.3) is 0 Å². The summed E-state index contributed by atoms with van der Waals surface area (Å²) in [4.78, 5) is 37.3. The Bertz CT molecular complexity index is 1250. The van der Waals surface area contributed by atoms with E-state index in [1.54, 1.807) is 24.3 Å². The number of nitrogens with one attached hydrogen (secondary N) is 1. The number of benzene rings is 2. The lowest BCUT2D eigenvalue weighted by atomic mass is 9.66. The van der Waals surface area contributed by atoms with Gasteiger partial charge in [-0.2, -0.15) is 0 Å². The molecule has 0 saturated carbocycles. The van der Waals surface area contributed by atoms with Gasteiger partial charge in [0.25, 0.3) is 0 Å². The average Bonchev–Trinajstić information content (AvgIpc) is 3.55. The zero-order valence-corrected chi connectivity index (χ0v) is 21.0. The van der Waals surface area contributed by atoms with Crippen LogP contribution >= 0.6 is 0 Å².